The molecule has 0 aliphatic carbocycles. The molecule has 1 amide bonds. The highest BCUT2D eigenvalue weighted by atomic mass is 79.9. The van der Waals surface area contributed by atoms with E-state index in [0.29, 0.717) is 16.5 Å². The molecule has 0 aromatic heterocycles. The Morgan fingerprint density at radius 3 is 3.00 bits per heavy atom. The van der Waals surface area contributed by atoms with Crippen LogP contribution < -0.4 is 11.1 Å². The van der Waals surface area contributed by atoms with E-state index in [1.807, 2.05) is 17.8 Å². The van der Waals surface area contributed by atoms with Crippen LogP contribution in [-0.4, -0.2) is 23.5 Å². The third-order valence-corrected chi connectivity index (χ3v) is 4.91. The van der Waals surface area contributed by atoms with Crippen molar-refractivity contribution in [2.24, 2.45) is 0 Å². The Labute approximate surface area is 120 Å². The lowest BCUT2D eigenvalue weighted by Gasteiger charge is -2.21. The molecule has 1 fully saturated rings. The van der Waals surface area contributed by atoms with Crippen molar-refractivity contribution >= 4 is 39.3 Å². The van der Waals surface area contributed by atoms with Gasteiger partial charge in [0.15, 0.2) is 0 Å². The number of nitrogens with two attached hydrogens (primary N) is 1. The van der Waals surface area contributed by atoms with E-state index < -0.39 is 0 Å². The molecular weight excluding hydrogens is 312 g/mol. The number of rotatable bonds is 3. The summed E-state index contributed by atoms with van der Waals surface area (Å²) < 4.78 is 0.888. The number of hydrogen-bond acceptors (Lipinski definition) is 3. The number of halogens is 1. The number of nitrogen functional groups attached to an aromatic ring is 1. The van der Waals surface area contributed by atoms with Gasteiger partial charge in [0.05, 0.1) is 5.56 Å². The van der Waals surface area contributed by atoms with Crippen LogP contribution in [0.15, 0.2) is 22.7 Å². The van der Waals surface area contributed by atoms with E-state index in [4.69, 9.17) is 5.73 Å². The molecule has 0 radical (unpaired) electrons. The van der Waals surface area contributed by atoms with Crippen LogP contribution in [0.2, 0.25) is 0 Å². The molecule has 0 bridgehead atoms. The Bertz CT molecular complexity index is 433. The fraction of sp³-hybridized carbons (Fsp3) is 0.462. The molecule has 18 heavy (non-hydrogen) atoms. The van der Waals surface area contributed by atoms with E-state index in [-0.39, 0.29) is 5.91 Å². The minimum Gasteiger partial charge on any atom is -0.398 e. The first kappa shape index (κ1) is 13.7. The fourth-order valence-corrected chi connectivity index (χ4v) is 3.63. The van der Waals surface area contributed by atoms with Gasteiger partial charge < -0.3 is 11.1 Å². The molecule has 3 N–H and O–H groups in total. The van der Waals surface area contributed by atoms with Crippen LogP contribution in [0.1, 0.15) is 29.6 Å². The number of carbonyl (C=O) groups excluding carboxylic acids is 1. The molecule has 1 aromatic rings. The highest BCUT2D eigenvalue weighted by molar-refractivity contribution is 9.10. The van der Waals surface area contributed by atoms with Crippen molar-refractivity contribution in [2.75, 3.05) is 18.0 Å². The largest absolute Gasteiger partial charge is 0.398 e. The summed E-state index contributed by atoms with van der Waals surface area (Å²) in [6.45, 7) is 0.735. The summed E-state index contributed by atoms with van der Waals surface area (Å²) in [6, 6.07) is 5.34. The lowest BCUT2D eigenvalue weighted by atomic mass is 10.1. The Morgan fingerprint density at radius 1 is 1.50 bits per heavy atom. The van der Waals surface area contributed by atoms with E-state index in [9.17, 15) is 4.79 Å². The number of carbonyl (C=O) groups is 1. The lowest BCUT2D eigenvalue weighted by molar-refractivity contribution is 0.0954. The van der Waals surface area contributed by atoms with Gasteiger partial charge in [0, 0.05) is 22.0 Å². The fourth-order valence-electron chi connectivity index (χ4n) is 2.01. The predicted molar refractivity (Wildman–Crippen MR) is 81.0 cm³/mol. The highest BCUT2D eigenvalue weighted by Gasteiger charge is 2.16. The number of anilines is 1. The van der Waals surface area contributed by atoms with Crippen molar-refractivity contribution in [3.05, 3.63) is 28.2 Å². The van der Waals surface area contributed by atoms with Crippen LogP contribution in [0.3, 0.4) is 0 Å². The quantitative estimate of drug-likeness (QED) is 0.838. The van der Waals surface area contributed by atoms with Crippen LogP contribution in [0.25, 0.3) is 0 Å². The Hall–Kier alpha value is -0.680. The van der Waals surface area contributed by atoms with Crippen LogP contribution >= 0.6 is 27.7 Å². The summed E-state index contributed by atoms with van der Waals surface area (Å²) in [5.74, 6) is 1.13. The summed E-state index contributed by atoms with van der Waals surface area (Å²) in [4.78, 5) is 12.0. The average molecular weight is 329 g/mol. The molecule has 1 aliphatic rings. The molecule has 0 saturated carbocycles. The molecule has 98 valence electrons. The molecule has 1 saturated heterocycles. The second-order valence-electron chi connectivity index (χ2n) is 4.43. The Balaban J connectivity index is 1.90. The molecule has 2 rings (SSSR count). The zero-order valence-electron chi connectivity index (χ0n) is 10.1. The van der Waals surface area contributed by atoms with Gasteiger partial charge in [0.25, 0.3) is 5.91 Å². The van der Waals surface area contributed by atoms with Crippen LogP contribution in [0.5, 0.6) is 0 Å². The van der Waals surface area contributed by atoms with E-state index >= 15 is 0 Å². The van der Waals surface area contributed by atoms with Crippen molar-refractivity contribution in [3.8, 4) is 0 Å². The first-order valence-corrected chi connectivity index (χ1v) is 7.96. The summed E-state index contributed by atoms with van der Waals surface area (Å²) in [5.41, 5.74) is 6.90. The zero-order valence-corrected chi connectivity index (χ0v) is 12.5. The Kier molecular flexibility index (Phi) is 4.95. The number of nitrogens with one attached hydrogen (secondary N) is 1. The number of amides is 1. The summed E-state index contributed by atoms with van der Waals surface area (Å²) in [6.07, 6.45) is 3.77. The first-order valence-electron chi connectivity index (χ1n) is 6.11. The average Bonchev–Trinajstić information content (AvgIpc) is 2.37. The molecule has 3 nitrogen and oxygen atoms in total. The molecule has 0 spiro atoms. The van der Waals surface area contributed by atoms with Gasteiger partial charge in [-0.25, -0.2) is 0 Å². The zero-order chi connectivity index (χ0) is 13.0. The van der Waals surface area contributed by atoms with E-state index in [2.05, 4.69) is 21.2 Å². The second-order valence-corrected chi connectivity index (χ2v) is 6.75. The molecule has 5 heteroatoms. The molecule has 1 unspecified atom stereocenters. The topological polar surface area (TPSA) is 55.1 Å². The molecular formula is C13H17BrN2OS. The van der Waals surface area contributed by atoms with Gasteiger partial charge in [0.2, 0.25) is 0 Å². The minimum atomic E-state index is -0.0776. The van der Waals surface area contributed by atoms with Crippen molar-refractivity contribution < 1.29 is 4.79 Å². The SMILES string of the molecule is Nc1cc(Br)ccc1C(=O)NCC1CCCCS1. The number of benzene rings is 1. The van der Waals surface area contributed by atoms with Crippen LogP contribution in [-0.2, 0) is 0 Å². The monoisotopic (exact) mass is 328 g/mol. The van der Waals surface area contributed by atoms with Crippen molar-refractivity contribution in [2.45, 2.75) is 24.5 Å². The minimum absolute atomic E-state index is 0.0776. The maximum atomic E-state index is 12.0. The van der Waals surface area contributed by atoms with E-state index in [1.54, 1.807) is 12.1 Å². The van der Waals surface area contributed by atoms with Gasteiger partial charge in [-0.05, 0) is 36.8 Å². The molecule has 1 aliphatic heterocycles. The first-order chi connectivity index (χ1) is 8.66. The number of thioether (sulfide) groups is 1. The van der Waals surface area contributed by atoms with Crippen molar-refractivity contribution in [1.29, 1.82) is 0 Å². The highest BCUT2D eigenvalue weighted by Crippen LogP contribution is 2.24. The molecule has 1 heterocycles. The maximum Gasteiger partial charge on any atom is 0.253 e. The standard InChI is InChI=1S/C13H17BrN2OS/c14-9-4-5-11(12(15)7-9)13(17)16-8-10-3-1-2-6-18-10/h4-5,7,10H,1-3,6,8,15H2,(H,16,17). The van der Waals surface area contributed by atoms with Gasteiger partial charge >= 0.3 is 0 Å². The predicted octanol–water partition coefficient (Wildman–Crippen LogP) is 3.05. The second kappa shape index (κ2) is 6.48. The van der Waals surface area contributed by atoms with Gasteiger partial charge in [-0.2, -0.15) is 11.8 Å². The van der Waals surface area contributed by atoms with E-state index in [1.165, 1.54) is 25.0 Å². The summed E-state index contributed by atoms with van der Waals surface area (Å²) >= 11 is 5.29. The van der Waals surface area contributed by atoms with Crippen molar-refractivity contribution in [1.82, 2.24) is 5.32 Å². The van der Waals surface area contributed by atoms with Gasteiger partial charge in [-0.3, -0.25) is 4.79 Å². The lowest BCUT2D eigenvalue weighted by Crippen LogP contribution is -2.32. The molecule has 1 aromatic carbocycles. The van der Waals surface area contributed by atoms with Crippen molar-refractivity contribution in [3.63, 3.8) is 0 Å². The third kappa shape index (κ3) is 3.65. The van der Waals surface area contributed by atoms with Gasteiger partial charge in [-0.15, -0.1) is 0 Å². The summed E-state index contributed by atoms with van der Waals surface area (Å²) in [5, 5.41) is 3.53. The third-order valence-electron chi connectivity index (χ3n) is 3.02. The normalized spacial score (nSPS) is 19.5. The smallest absolute Gasteiger partial charge is 0.253 e. The molecule has 1 atom stereocenters. The summed E-state index contributed by atoms with van der Waals surface area (Å²) in [7, 11) is 0. The van der Waals surface area contributed by atoms with Crippen LogP contribution in [0, 0.1) is 0 Å². The van der Waals surface area contributed by atoms with Gasteiger partial charge in [-0.1, -0.05) is 22.4 Å². The number of hydrogen-bond donors (Lipinski definition) is 2. The van der Waals surface area contributed by atoms with E-state index in [0.717, 1.165) is 11.0 Å². The maximum absolute atomic E-state index is 12.0. The van der Waals surface area contributed by atoms with Gasteiger partial charge in [0.1, 0.15) is 0 Å². The Morgan fingerprint density at radius 2 is 2.33 bits per heavy atom. The van der Waals surface area contributed by atoms with Crippen LogP contribution in [0.4, 0.5) is 5.69 Å².